The highest BCUT2D eigenvalue weighted by molar-refractivity contribution is 6.28. The van der Waals surface area contributed by atoms with Crippen molar-refractivity contribution in [2.75, 3.05) is 13.2 Å². The van der Waals surface area contributed by atoms with E-state index >= 15 is 0 Å². The molecule has 1 aromatic heterocycles. The van der Waals surface area contributed by atoms with Gasteiger partial charge >= 0.3 is 0 Å². The highest BCUT2D eigenvalue weighted by Crippen LogP contribution is 2.13. The summed E-state index contributed by atoms with van der Waals surface area (Å²) in [6, 6.07) is 11.6. The number of hydrogen-bond acceptors (Lipinski definition) is 3. The summed E-state index contributed by atoms with van der Waals surface area (Å²) in [5, 5.41) is 3.64. The molecule has 2 aromatic rings. The summed E-state index contributed by atoms with van der Waals surface area (Å²) < 4.78 is 10.8. The van der Waals surface area contributed by atoms with Crippen molar-refractivity contribution in [1.82, 2.24) is 5.32 Å². The summed E-state index contributed by atoms with van der Waals surface area (Å²) in [7, 11) is 0. The molecular formula is C14H16ClNO2. The van der Waals surface area contributed by atoms with E-state index in [0.717, 1.165) is 18.1 Å². The molecular weight excluding hydrogens is 250 g/mol. The maximum atomic E-state index is 5.68. The molecule has 0 unspecified atom stereocenters. The highest BCUT2D eigenvalue weighted by Gasteiger charge is 1.99. The van der Waals surface area contributed by atoms with Crippen LogP contribution in [-0.4, -0.2) is 13.2 Å². The van der Waals surface area contributed by atoms with Crippen LogP contribution in [0.15, 0.2) is 40.8 Å². The van der Waals surface area contributed by atoms with E-state index in [-0.39, 0.29) is 0 Å². The zero-order valence-electron chi connectivity index (χ0n) is 10.3. The Morgan fingerprint density at radius 3 is 2.89 bits per heavy atom. The van der Waals surface area contributed by atoms with Crippen LogP contribution in [0.4, 0.5) is 0 Å². The first-order chi connectivity index (χ1) is 8.74. The summed E-state index contributed by atoms with van der Waals surface area (Å²) in [4.78, 5) is 0. The van der Waals surface area contributed by atoms with Crippen LogP contribution in [0.2, 0.25) is 5.22 Å². The third-order valence-corrected chi connectivity index (χ3v) is 2.67. The van der Waals surface area contributed by atoms with E-state index in [1.807, 2.05) is 37.3 Å². The van der Waals surface area contributed by atoms with Crippen LogP contribution >= 0.6 is 11.6 Å². The highest BCUT2D eigenvalue weighted by atomic mass is 35.5. The Balaban J connectivity index is 1.64. The number of halogens is 1. The molecule has 2 rings (SSSR count). The predicted molar refractivity (Wildman–Crippen MR) is 72.1 cm³/mol. The van der Waals surface area contributed by atoms with Gasteiger partial charge in [0.25, 0.3) is 0 Å². The van der Waals surface area contributed by atoms with Crippen molar-refractivity contribution < 1.29 is 9.15 Å². The molecule has 0 radical (unpaired) electrons. The molecule has 0 aliphatic heterocycles. The van der Waals surface area contributed by atoms with E-state index in [1.165, 1.54) is 5.56 Å². The Kier molecular flexibility index (Phi) is 4.67. The Labute approximate surface area is 112 Å². The van der Waals surface area contributed by atoms with Crippen LogP contribution in [0.1, 0.15) is 11.3 Å². The predicted octanol–water partition coefficient (Wildman–Crippen LogP) is 3.41. The molecule has 0 aliphatic rings. The average molecular weight is 266 g/mol. The second kappa shape index (κ2) is 6.47. The van der Waals surface area contributed by atoms with Crippen molar-refractivity contribution in [2.45, 2.75) is 13.5 Å². The molecule has 0 atom stereocenters. The van der Waals surface area contributed by atoms with E-state index in [0.29, 0.717) is 18.4 Å². The second-order valence-electron chi connectivity index (χ2n) is 4.05. The molecule has 0 saturated heterocycles. The second-order valence-corrected chi connectivity index (χ2v) is 4.42. The van der Waals surface area contributed by atoms with Crippen LogP contribution in [0, 0.1) is 6.92 Å². The van der Waals surface area contributed by atoms with E-state index in [2.05, 4.69) is 5.32 Å². The minimum Gasteiger partial charge on any atom is -0.492 e. The first-order valence-corrected chi connectivity index (χ1v) is 6.26. The lowest BCUT2D eigenvalue weighted by Gasteiger charge is -2.07. The van der Waals surface area contributed by atoms with Gasteiger partial charge in [-0.3, -0.25) is 0 Å². The fourth-order valence-electron chi connectivity index (χ4n) is 1.60. The summed E-state index contributed by atoms with van der Waals surface area (Å²) in [6.45, 7) is 4.08. The summed E-state index contributed by atoms with van der Waals surface area (Å²) in [6.07, 6.45) is 0. The lowest BCUT2D eigenvalue weighted by Crippen LogP contribution is -2.20. The topological polar surface area (TPSA) is 34.4 Å². The zero-order valence-corrected chi connectivity index (χ0v) is 11.0. The third kappa shape index (κ3) is 4.09. The largest absolute Gasteiger partial charge is 0.492 e. The minimum absolute atomic E-state index is 0.419. The van der Waals surface area contributed by atoms with Crippen molar-refractivity contribution in [3.05, 3.63) is 52.9 Å². The number of ether oxygens (including phenoxy) is 1. The molecule has 3 nitrogen and oxygen atoms in total. The first-order valence-electron chi connectivity index (χ1n) is 5.88. The fraction of sp³-hybridized carbons (Fsp3) is 0.286. The number of furan rings is 1. The molecule has 1 N–H and O–H groups in total. The SMILES string of the molecule is Cc1cccc(OCCNCc2ccc(Cl)o2)c1. The molecule has 1 aromatic carbocycles. The summed E-state index contributed by atoms with van der Waals surface area (Å²) in [5.41, 5.74) is 1.20. The minimum atomic E-state index is 0.419. The van der Waals surface area contributed by atoms with E-state index in [4.69, 9.17) is 20.8 Å². The molecule has 0 bridgehead atoms. The van der Waals surface area contributed by atoms with Crippen LogP contribution in [0.3, 0.4) is 0 Å². The average Bonchev–Trinajstić information content (AvgIpc) is 2.75. The monoisotopic (exact) mass is 265 g/mol. The van der Waals surface area contributed by atoms with Gasteiger partial charge in [-0.2, -0.15) is 0 Å². The normalized spacial score (nSPS) is 10.6. The van der Waals surface area contributed by atoms with Crippen molar-refractivity contribution in [3.63, 3.8) is 0 Å². The molecule has 0 amide bonds. The van der Waals surface area contributed by atoms with Gasteiger partial charge in [0.05, 0.1) is 6.54 Å². The van der Waals surface area contributed by atoms with Gasteiger partial charge in [0.15, 0.2) is 5.22 Å². The maximum absolute atomic E-state index is 5.68. The van der Waals surface area contributed by atoms with E-state index in [9.17, 15) is 0 Å². The Bertz CT molecular complexity index is 496. The van der Waals surface area contributed by atoms with Gasteiger partial charge < -0.3 is 14.5 Å². The third-order valence-electron chi connectivity index (χ3n) is 2.47. The van der Waals surface area contributed by atoms with Crippen LogP contribution < -0.4 is 10.1 Å². The summed E-state index contributed by atoms with van der Waals surface area (Å²) in [5.74, 6) is 1.73. The van der Waals surface area contributed by atoms with E-state index in [1.54, 1.807) is 6.07 Å². The first kappa shape index (κ1) is 13.0. The van der Waals surface area contributed by atoms with Gasteiger partial charge in [-0.1, -0.05) is 12.1 Å². The number of benzene rings is 1. The molecule has 0 saturated carbocycles. The maximum Gasteiger partial charge on any atom is 0.193 e. The van der Waals surface area contributed by atoms with Crippen molar-refractivity contribution >= 4 is 11.6 Å². The van der Waals surface area contributed by atoms with Gasteiger partial charge in [0.2, 0.25) is 0 Å². The van der Waals surface area contributed by atoms with Crippen LogP contribution in [0.25, 0.3) is 0 Å². The molecule has 1 heterocycles. The molecule has 4 heteroatoms. The summed E-state index contributed by atoms with van der Waals surface area (Å²) >= 11 is 5.68. The number of aryl methyl sites for hydroxylation is 1. The molecule has 0 fully saturated rings. The molecule has 0 spiro atoms. The quantitative estimate of drug-likeness (QED) is 0.813. The van der Waals surface area contributed by atoms with Gasteiger partial charge in [0.1, 0.15) is 18.1 Å². The van der Waals surface area contributed by atoms with Crippen LogP contribution in [-0.2, 0) is 6.54 Å². The van der Waals surface area contributed by atoms with Gasteiger partial charge in [-0.25, -0.2) is 0 Å². The number of nitrogens with one attached hydrogen (secondary N) is 1. The standard InChI is InChI=1S/C14H16ClNO2/c1-11-3-2-4-12(9-11)17-8-7-16-10-13-5-6-14(15)18-13/h2-6,9,16H,7-8,10H2,1H3. The van der Waals surface area contributed by atoms with E-state index < -0.39 is 0 Å². The zero-order chi connectivity index (χ0) is 12.8. The molecule has 96 valence electrons. The lowest BCUT2D eigenvalue weighted by molar-refractivity contribution is 0.311. The fourth-order valence-corrected chi connectivity index (χ4v) is 1.77. The lowest BCUT2D eigenvalue weighted by atomic mass is 10.2. The van der Waals surface area contributed by atoms with Gasteiger partial charge in [-0.05, 0) is 48.4 Å². The Morgan fingerprint density at radius 2 is 2.17 bits per heavy atom. The van der Waals surface area contributed by atoms with Crippen LogP contribution in [0.5, 0.6) is 5.75 Å². The Hall–Kier alpha value is -1.45. The van der Waals surface area contributed by atoms with Crippen molar-refractivity contribution in [3.8, 4) is 5.75 Å². The Morgan fingerprint density at radius 1 is 1.28 bits per heavy atom. The van der Waals surface area contributed by atoms with Gasteiger partial charge in [0, 0.05) is 6.54 Å². The number of rotatable bonds is 6. The molecule has 0 aliphatic carbocycles. The number of hydrogen-bond donors (Lipinski definition) is 1. The van der Waals surface area contributed by atoms with Gasteiger partial charge in [-0.15, -0.1) is 0 Å². The molecule has 18 heavy (non-hydrogen) atoms. The smallest absolute Gasteiger partial charge is 0.193 e. The van der Waals surface area contributed by atoms with Crippen molar-refractivity contribution in [2.24, 2.45) is 0 Å². The van der Waals surface area contributed by atoms with Crippen molar-refractivity contribution in [1.29, 1.82) is 0 Å².